The Balaban J connectivity index is 1.50. The Labute approximate surface area is 147 Å². The molecule has 0 unspecified atom stereocenters. The fourth-order valence-electron chi connectivity index (χ4n) is 2.99. The first-order valence-corrected chi connectivity index (χ1v) is 8.58. The van der Waals surface area contributed by atoms with Gasteiger partial charge in [-0.25, -0.2) is 15.0 Å². The summed E-state index contributed by atoms with van der Waals surface area (Å²) in [6, 6.07) is 2.50. The Morgan fingerprint density at radius 1 is 1.00 bits per heavy atom. The van der Waals surface area contributed by atoms with Crippen molar-refractivity contribution in [3.63, 3.8) is 0 Å². The molecular weight excluding hydrogens is 318 g/mol. The normalized spacial score (nSPS) is 20.1. The van der Waals surface area contributed by atoms with Crippen molar-refractivity contribution in [2.24, 2.45) is 0 Å². The van der Waals surface area contributed by atoms with Gasteiger partial charge in [-0.1, -0.05) is 0 Å². The molecule has 0 bridgehead atoms. The number of rotatable bonds is 4. The van der Waals surface area contributed by atoms with Gasteiger partial charge in [0, 0.05) is 23.6 Å². The molecule has 2 aromatic heterocycles. The predicted molar refractivity (Wildman–Crippen MR) is 92.4 cm³/mol. The average molecular weight is 341 g/mol. The van der Waals surface area contributed by atoms with Crippen LogP contribution in [0, 0.1) is 20.8 Å². The van der Waals surface area contributed by atoms with Gasteiger partial charge in [0.15, 0.2) is 0 Å². The Hall–Kier alpha value is -2.57. The van der Waals surface area contributed by atoms with E-state index in [4.69, 9.17) is 4.74 Å². The van der Waals surface area contributed by atoms with Crippen LogP contribution in [0.3, 0.4) is 0 Å². The number of nitrogens with one attached hydrogen (secondary N) is 1. The van der Waals surface area contributed by atoms with Gasteiger partial charge < -0.3 is 10.1 Å². The number of nitrogens with zero attached hydrogens (tertiary/aromatic N) is 4. The lowest BCUT2D eigenvalue weighted by molar-refractivity contribution is 0.0879. The van der Waals surface area contributed by atoms with Crippen LogP contribution in [0.5, 0.6) is 6.01 Å². The first kappa shape index (κ1) is 17.3. The molecule has 7 nitrogen and oxygen atoms in total. The van der Waals surface area contributed by atoms with Crippen molar-refractivity contribution in [3.05, 3.63) is 41.2 Å². The van der Waals surface area contributed by atoms with Gasteiger partial charge >= 0.3 is 6.01 Å². The maximum atomic E-state index is 12.2. The van der Waals surface area contributed by atoms with E-state index in [1.807, 2.05) is 26.8 Å². The minimum atomic E-state index is -0.172. The summed E-state index contributed by atoms with van der Waals surface area (Å²) in [5, 5.41) is 3.03. The molecule has 1 aliphatic carbocycles. The molecule has 2 aromatic rings. The number of carbonyl (C=O) groups excluding carboxylic acids is 1. The Morgan fingerprint density at radius 3 is 2.28 bits per heavy atom. The highest BCUT2D eigenvalue weighted by molar-refractivity contribution is 5.92. The standard InChI is InChI=1S/C18H23N5O2/c1-11-8-12(2)22-18(21-11)25-15-6-4-14(5-7-15)23-17(24)16-10-19-13(3)9-20-16/h8-10,14-15H,4-7H2,1-3H3,(H,23,24). The Kier molecular flexibility index (Phi) is 5.21. The zero-order chi connectivity index (χ0) is 17.8. The summed E-state index contributed by atoms with van der Waals surface area (Å²) in [5.74, 6) is -0.172. The molecule has 1 N–H and O–H groups in total. The number of carbonyl (C=O) groups is 1. The lowest BCUT2D eigenvalue weighted by Gasteiger charge is -2.28. The molecule has 1 amide bonds. The summed E-state index contributed by atoms with van der Waals surface area (Å²) < 4.78 is 5.91. The van der Waals surface area contributed by atoms with Crippen molar-refractivity contribution in [1.29, 1.82) is 0 Å². The second kappa shape index (κ2) is 7.55. The molecule has 3 rings (SSSR count). The Bertz CT molecular complexity index is 719. The molecule has 0 aromatic carbocycles. The van der Waals surface area contributed by atoms with Gasteiger partial charge in [0.25, 0.3) is 5.91 Å². The maximum absolute atomic E-state index is 12.2. The fraction of sp³-hybridized carbons (Fsp3) is 0.500. The highest BCUT2D eigenvalue weighted by atomic mass is 16.5. The lowest BCUT2D eigenvalue weighted by atomic mass is 9.93. The molecule has 0 atom stereocenters. The summed E-state index contributed by atoms with van der Waals surface area (Å²) in [6.45, 7) is 5.71. The molecule has 0 aliphatic heterocycles. The van der Waals surface area contributed by atoms with E-state index < -0.39 is 0 Å². The van der Waals surface area contributed by atoms with Crippen LogP contribution in [0.2, 0.25) is 0 Å². The van der Waals surface area contributed by atoms with Gasteiger partial charge in [0.05, 0.1) is 11.9 Å². The number of aromatic nitrogens is 4. The second-order valence-corrected chi connectivity index (χ2v) is 6.54. The molecule has 7 heteroatoms. The molecule has 132 valence electrons. The van der Waals surface area contributed by atoms with Crippen molar-refractivity contribution >= 4 is 5.91 Å². The molecule has 2 heterocycles. The number of ether oxygens (including phenoxy) is 1. The summed E-state index contributed by atoms with van der Waals surface area (Å²) in [6.07, 6.45) is 6.65. The van der Waals surface area contributed by atoms with Gasteiger partial charge in [-0.05, 0) is 52.5 Å². The highest BCUT2D eigenvalue weighted by Crippen LogP contribution is 2.22. The van der Waals surface area contributed by atoms with Gasteiger partial charge in [-0.2, -0.15) is 0 Å². The van der Waals surface area contributed by atoms with Crippen molar-refractivity contribution < 1.29 is 9.53 Å². The van der Waals surface area contributed by atoms with Crippen LogP contribution in [0.25, 0.3) is 0 Å². The third-order valence-corrected chi connectivity index (χ3v) is 4.26. The predicted octanol–water partition coefficient (Wildman–Crippen LogP) is 2.31. The molecule has 0 saturated heterocycles. The van der Waals surface area contributed by atoms with E-state index in [1.165, 1.54) is 6.20 Å². The summed E-state index contributed by atoms with van der Waals surface area (Å²) in [7, 11) is 0. The monoisotopic (exact) mass is 341 g/mol. The van der Waals surface area contributed by atoms with Crippen LogP contribution >= 0.6 is 0 Å². The molecule has 1 fully saturated rings. The van der Waals surface area contributed by atoms with Gasteiger partial charge in [-0.3, -0.25) is 9.78 Å². The van der Waals surface area contributed by atoms with Gasteiger partial charge in [-0.15, -0.1) is 0 Å². The molecule has 0 spiro atoms. The Morgan fingerprint density at radius 2 is 1.68 bits per heavy atom. The molecule has 1 saturated carbocycles. The van der Waals surface area contributed by atoms with E-state index in [2.05, 4.69) is 25.3 Å². The van der Waals surface area contributed by atoms with E-state index in [0.29, 0.717) is 11.7 Å². The average Bonchev–Trinajstić information content (AvgIpc) is 2.56. The zero-order valence-electron chi connectivity index (χ0n) is 14.8. The maximum Gasteiger partial charge on any atom is 0.317 e. The van der Waals surface area contributed by atoms with Crippen LogP contribution < -0.4 is 10.1 Å². The van der Waals surface area contributed by atoms with Gasteiger partial charge in [0.2, 0.25) is 0 Å². The van der Waals surface area contributed by atoms with E-state index >= 15 is 0 Å². The molecule has 25 heavy (non-hydrogen) atoms. The molecular formula is C18H23N5O2. The van der Waals surface area contributed by atoms with Crippen LogP contribution in [0.15, 0.2) is 18.5 Å². The second-order valence-electron chi connectivity index (χ2n) is 6.54. The lowest BCUT2D eigenvalue weighted by Crippen LogP contribution is -2.40. The minimum Gasteiger partial charge on any atom is -0.460 e. The van der Waals surface area contributed by atoms with Crippen LogP contribution in [0.4, 0.5) is 0 Å². The van der Waals surface area contributed by atoms with E-state index in [-0.39, 0.29) is 18.1 Å². The van der Waals surface area contributed by atoms with E-state index in [9.17, 15) is 4.79 Å². The largest absolute Gasteiger partial charge is 0.460 e. The summed E-state index contributed by atoms with van der Waals surface area (Å²) in [4.78, 5) is 29.1. The quantitative estimate of drug-likeness (QED) is 0.918. The third-order valence-electron chi connectivity index (χ3n) is 4.26. The number of aryl methyl sites for hydroxylation is 3. The molecule has 0 radical (unpaired) electrons. The van der Waals surface area contributed by atoms with E-state index in [0.717, 1.165) is 42.8 Å². The summed E-state index contributed by atoms with van der Waals surface area (Å²) in [5.41, 5.74) is 2.96. The van der Waals surface area contributed by atoms with Crippen molar-refractivity contribution in [3.8, 4) is 6.01 Å². The first-order valence-electron chi connectivity index (χ1n) is 8.58. The number of amides is 1. The highest BCUT2D eigenvalue weighted by Gasteiger charge is 2.25. The van der Waals surface area contributed by atoms with Gasteiger partial charge in [0.1, 0.15) is 11.8 Å². The number of hydrogen-bond donors (Lipinski definition) is 1. The van der Waals surface area contributed by atoms with Crippen LogP contribution in [-0.4, -0.2) is 38.0 Å². The van der Waals surface area contributed by atoms with Crippen molar-refractivity contribution in [1.82, 2.24) is 25.3 Å². The minimum absolute atomic E-state index is 0.0912. The third kappa shape index (κ3) is 4.71. The summed E-state index contributed by atoms with van der Waals surface area (Å²) >= 11 is 0. The zero-order valence-corrected chi connectivity index (χ0v) is 14.8. The van der Waals surface area contributed by atoms with Crippen molar-refractivity contribution in [2.45, 2.75) is 58.6 Å². The topological polar surface area (TPSA) is 89.9 Å². The SMILES string of the molecule is Cc1cnc(C(=O)NC2CCC(Oc3nc(C)cc(C)n3)CC2)cn1. The fourth-order valence-corrected chi connectivity index (χ4v) is 2.99. The van der Waals surface area contributed by atoms with Crippen molar-refractivity contribution in [2.75, 3.05) is 0 Å². The smallest absolute Gasteiger partial charge is 0.317 e. The van der Waals surface area contributed by atoms with E-state index in [1.54, 1.807) is 6.20 Å². The first-order chi connectivity index (χ1) is 12.0. The number of hydrogen-bond acceptors (Lipinski definition) is 6. The van der Waals surface area contributed by atoms with Crippen LogP contribution in [-0.2, 0) is 0 Å². The molecule has 1 aliphatic rings. The van der Waals surface area contributed by atoms with Crippen LogP contribution in [0.1, 0.15) is 53.3 Å².